The second-order valence-corrected chi connectivity index (χ2v) is 8.91. The van der Waals surface area contributed by atoms with E-state index in [-0.39, 0.29) is 41.4 Å². The van der Waals surface area contributed by atoms with Gasteiger partial charge in [-0.15, -0.1) is 0 Å². The van der Waals surface area contributed by atoms with Crippen molar-refractivity contribution in [3.8, 4) is 0 Å². The van der Waals surface area contributed by atoms with Crippen LogP contribution in [0, 0.1) is 23.7 Å². The number of amides is 1. The summed E-state index contributed by atoms with van der Waals surface area (Å²) in [7, 11) is 1.71. The number of aryl methyl sites for hydroxylation is 1. The zero-order valence-corrected chi connectivity index (χ0v) is 16.2. The molecule has 8 nitrogen and oxygen atoms in total. The van der Waals surface area contributed by atoms with Crippen molar-refractivity contribution >= 4 is 11.7 Å². The number of aliphatic hydroxyl groups is 1. The highest BCUT2D eigenvalue weighted by Gasteiger charge is 2.58. The number of nitrogens with one attached hydrogen (secondary N) is 1. The van der Waals surface area contributed by atoms with E-state index in [1.165, 1.54) is 23.8 Å². The van der Waals surface area contributed by atoms with Crippen LogP contribution in [0.4, 0.5) is 5.82 Å². The minimum atomic E-state index is -0.608. The Labute approximate surface area is 163 Å². The third-order valence-corrected chi connectivity index (χ3v) is 7.29. The van der Waals surface area contributed by atoms with Crippen LogP contribution in [0.3, 0.4) is 0 Å². The summed E-state index contributed by atoms with van der Waals surface area (Å²) in [6, 6.07) is 0. The molecule has 1 aromatic heterocycles. The lowest BCUT2D eigenvalue weighted by atomic mass is 9.82. The number of aliphatic hydroxyl groups excluding tert-OH is 1. The van der Waals surface area contributed by atoms with Crippen LogP contribution in [-0.4, -0.2) is 58.5 Å². The molecule has 2 bridgehead atoms. The number of carbonyl (C=O) groups is 1. The molecule has 2 N–H and O–H groups in total. The molecule has 1 aromatic rings. The van der Waals surface area contributed by atoms with Crippen LogP contribution in [0.2, 0.25) is 0 Å². The third-order valence-electron chi connectivity index (χ3n) is 7.29. The van der Waals surface area contributed by atoms with E-state index in [0.29, 0.717) is 31.2 Å². The topological polar surface area (TPSA) is 96.7 Å². The van der Waals surface area contributed by atoms with Gasteiger partial charge in [-0.3, -0.25) is 9.59 Å². The second kappa shape index (κ2) is 6.84. The van der Waals surface area contributed by atoms with Crippen molar-refractivity contribution in [2.24, 2.45) is 30.7 Å². The summed E-state index contributed by atoms with van der Waals surface area (Å²) < 4.78 is 7.62. The van der Waals surface area contributed by atoms with Gasteiger partial charge in [0.15, 0.2) is 5.82 Å². The van der Waals surface area contributed by atoms with Crippen LogP contribution >= 0.6 is 0 Å². The summed E-state index contributed by atoms with van der Waals surface area (Å²) in [5.74, 6) is 0.889. The predicted molar refractivity (Wildman–Crippen MR) is 102 cm³/mol. The van der Waals surface area contributed by atoms with Crippen LogP contribution in [-0.2, 0) is 16.6 Å². The molecule has 28 heavy (non-hydrogen) atoms. The van der Waals surface area contributed by atoms with Gasteiger partial charge >= 0.3 is 0 Å². The first-order valence-electron chi connectivity index (χ1n) is 10.4. The van der Waals surface area contributed by atoms with E-state index in [9.17, 15) is 14.7 Å². The number of anilines is 1. The molecule has 152 valence electrons. The molecule has 1 saturated carbocycles. The van der Waals surface area contributed by atoms with Crippen molar-refractivity contribution in [3.05, 3.63) is 22.7 Å². The summed E-state index contributed by atoms with van der Waals surface area (Å²) in [6.07, 6.45) is 6.40. The van der Waals surface area contributed by atoms with Crippen LogP contribution < -0.4 is 15.8 Å². The number of hydrogen-bond acceptors (Lipinski definition) is 6. The quantitative estimate of drug-likeness (QED) is 0.748. The fourth-order valence-electron chi connectivity index (χ4n) is 5.40. The Kier molecular flexibility index (Phi) is 4.43. The standard InChI is InChI=1S/C20H28N4O4/c1-23-6-5-21-18(20(23)27)24-9-13-14(10-24)17-12(7-15(28-17)16(13)25)19(26)22-8-11-3-2-4-11/h5-6,11-17,25H,2-4,7-10H2,1H3,(H,22,26)/t12?,13-,14+,15+,16+,17-/m1/s1. The minimum Gasteiger partial charge on any atom is -0.390 e. The first-order valence-corrected chi connectivity index (χ1v) is 10.4. The lowest BCUT2D eigenvalue weighted by Crippen LogP contribution is -2.47. The van der Waals surface area contributed by atoms with E-state index in [1.54, 1.807) is 19.4 Å². The Balaban J connectivity index is 1.33. The molecule has 1 aliphatic carbocycles. The maximum absolute atomic E-state index is 12.8. The van der Waals surface area contributed by atoms with Gasteiger partial charge in [-0.05, 0) is 25.2 Å². The van der Waals surface area contributed by atoms with Gasteiger partial charge in [-0.25, -0.2) is 4.98 Å². The molecule has 4 aliphatic rings. The van der Waals surface area contributed by atoms with Crippen LogP contribution in [0.15, 0.2) is 17.2 Å². The fraction of sp³-hybridized carbons (Fsp3) is 0.750. The SMILES string of the molecule is Cn1ccnc(N2C[C@H]3[C@H](O)[C@@H]4CC(C(=O)NCC5CCC5)[C@@H](O4)[C@H]3C2)c1=O. The average Bonchev–Trinajstić information content (AvgIpc) is 3.24. The van der Waals surface area contributed by atoms with Gasteiger partial charge in [-0.2, -0.15) is 0 Å². The van der Waals surface area contributed by atoms with Crippen molar-refractivity contribution in [3.63, 3.8) is 0 Å². The highest BCUT2D eigenvalue weighted by molar-refractivity contribution is 5.79. The van der Waals surface area contributed by atoms with Gasteiger partial charge in [0.2, 0.25) is 5.91 Å². The molecule has 6 atom stereocenters. The van der Waals surface area contributed by atoms with Gasteiger partial charge in [0, 0.05) is 50.9 Å². The van der Waals surface area contributed by atoms with E-state index < -0.39 is 6.10 Å². The van der Waals surface area contributed by atoms with Crippen molar-refractivity contribution in [1.29, 1.82) is 0 Å². The molecule has 0 radical (unpaired) electrons. The molecule has 4 heterocycles. The average molecular weight is 388 g/mol. The Bertz CT molecular complexity index is 823. The lowest BCUT2D eigenvalue weighted by molar-refractivity contribution is -0.140. The molecule has 1 amide bonds. The number of fused-ring (bicyclic) bond motifs is 4. The van der Waals surface area contributed by atoms with Gasteiger partial charge in [-0.1, -0.05) is 6.42 Å². The smallest absolute Gasteiger partial charge is 0.293 e. The Morgan fingerprint density at radius 1 is 1.36 bits per heavy atom. The summed E-state index contributed by atoms with van der Waals surface area (Å²) >= 11 is 0. The predicted octanol–water partition coefficient (Wildman–Crippen LogP) is -0.103. The lowest BCUT2D eigenvalue weighted by Gasteiger charge is -2.36. The van der Waals surface area contributed by atoms with Crippen LogP contribution in [0.5, 0.6) is 0 Å². The molecule has 1 unspecified atom stereocenters. The third kappa shape index (κ3) is 2.85. The fourth-order valence-corrected chi connectivity index (χ4v) is 5.40. The molecule has 0 spiro atoms. The van der Waals surface area contributed by atoms with Gasteiger partial charge in [0.1, 0.15) is 0 Å². The van der Waals surface area contributed by atoms with E-state index in [0.717, 1.165) is 6.54 Å². The normalized spacial score (nSPS) is 36.9. The molecule has 3 saturated heterocycles. The number of rotatable bonds is 4. The zero-order chi connectivity index (χ0) is 19.4. The first kappa shape index (κ1) is 18.1. The molecule has 8 heteroatoms. The minimum absolute atomic E-state index is 0.0000978. The summed E-state index contributed by atoms with van der Waals surface area (Å²) in [5.41, 5.74) is -0.142. The van der Waals surface area contributed by atoms with Gasteiger partial charge < -0.3 is 24.6 Å². The molecular formula is C20H28N4O4. The van der Waals surface area contributed by atoms with Crippen molar-refractivity contribution in [1.82, 2.24) is 14.9 Å². The molecular weight excluding hydrogens is 360 g/mol. The monoisotopic (exact) mass is 388 g/mol. The Morgan fingerprint density at radius 2 is 2.14 bits per heavy atom. The van der Waals surface area contributed by atoms with E-state index in [1.807, 2.05) is 4.90 Å². The highest BCUT2D eigenvalue weighted by Crippen LogP contribution is 2.47. The molecule has 5 rings (SSSR count). The van der Waals surface area contributed by atoms with Crippen LogP contribution in [0.25, 0.3) is 0 Å². The number of carbonyl (C=O) groups excluding carboxylic acids is 1. The largest absolute Gasteiger partial charge is 0.390 e. The van der Waals surface area contributed by atoms with Gasteiger partial charge in [0.25, 0.3) is 5.56 Å². The summed E-state index contributed by atoms with van der Waals surface area (Å²) in [4.78, 5) is 31.5. The maximum atomic E-state index is 12.8. The second-order valence-electron chi connectivity index (χ2n) is 8.91. The van der Waals surface area contributed by atoms with E-state index in [2.05, 4.69) is 10.3 Å². The van der Waals surface area contributed by atoms with Crippen LogP contribution in [0.1, 0.15) is 25.7 Å². The number of aromatic nitrogens is 2. The number of ether oxygens (including phenoxy) is 1. The number of nitrogens with zero attached hydrogens (tertiary/aromatic N) is 3. The first-order chi connectivity index (χ1) is 13.5. The Hall–Kier alpha value is -1.93. The van der Waals surface area contributed by atoms with Crippen molar-refractivity contribution in [2.75, 3.05) is 24.5 Å². The molecule has 0 aromatic carbocycles. The van der Waals surface area contributed by atoms with E-state index in [4.69, 9.17) is 4.74 Å². The van der Waals surface area contributed by atoms with Gasteiger partial charge in [0.05, 0.1) is 24.2 Å². The Morgan fingerprint density at radius 3 is 2.89 bits per heavy atom. The van der Waals surface area contributed by atoms with Crippen molar-refractivity contribution < 1.29 is 14.6 Å². The molecule has 4 fully saturated rings. The maximum Gasteiger partial charge on any atom is 0.293 e. The van der Waals surface area contributed by atoms with Crippen molar-refractivity contribution in [2.45, 2.75) is 44.0 Å². The van der Waals surface area contributed by atoms with E-state index >= 15 is 0 Å². The zero-order valence-electron chi connectivity index (χ0n) is 16.2. The molecule has 3 aliphatic heterocycles. The summed E-state index contributed by atoms with van der Waals surface area (Å²) in [5, 5.41) is 13.9. The number of hydrogen-bond donors (Lipinski definition) is 2. The summed E-state index contributed by atoms with van der Waals surface area (Å²) in [6.45, 7) is 1.90. The highest BCUT2D eigenvalue weighted by atomic mass is 16.5.